The predicted molar refractivity (Wildman–Crippen MR) is 160 cm³/mol. The summed E-state index contributed by atoms with van der Waals surface area (Å²) in [6.45, 7) is 11.1. The van der Waals surface area contributed by atoms with E-state index in [2.05, 4.69) is 5.32 Å². The van der Waals surface area contributed by atoms with Crippen LogP contribution in [0, 0.1) is 6.92 Å². The number of carbonyl (C=O) groups is 2. The monoisotopic (exact) mass is 563 g/mol. The molecule has 0 spiro atoms. The van der Waals surface area contributed by atoms with Crippen molar-refractivity contribution in [2.24, 2.45) is 0 Å². The van der Waals surface area contributed by atoms with Gasteiger partial charge in [-0.1, -0.05) is 80.1 Å². The fourth-order valence-corrected chi connectivity index (χ4v) is 6.01. The van der Waals surface area contributed by atoms with Crippen LogP contribution in [0.5, 0.6) is 0 Å². The molecule has 0 saturated heterocycles. The van der Waals surface area contributed by atoms with E-state index in [9.17, 15) is 18.0 Å². The fraction of sp³-hybridized carbons (Fsp3) is 0.375. The van der Waals surface area contributed by atoms with Gasteiger partial charge in [0.25, 0.3) is 10.0 Å². The van der Waals surface area contributed by atoms with Gasteiger partial charge in [0.05, 0.1) is 10.6 Å². The summed E-state index contributed by atoms with van der Waals surface area (Å²) in [6.07, 6.45) is 0.959. The first-order chi connectivity index (χ1) is 18.9. The van der Waals surface area contributed by atoms with Gasteiger partial charge >= 0.3 is 0 Å². The average Bonchev–Trinajstić information content (AvgIpc) is 2.91. The highest BCUT2D eigenvalue weighted by Crippen LogP contribution is 2.28. The summed E-state index contributed by atoms with van der Waals surface area (Å²) in [7, 11) is -4.10. The zero-order chi connectivity index (χ0) is 29.5. The lowest BCUT2D eigenvalue weighted by atomic mass is 10.1. The molecular formula is C32H41N3O4S. The maximum Gasteiger partial charge on any atom is 0.264 e. The molecule has 3 aromatic carbocycles. The lowest BCUT2D eigenvalue weighted by molar-refractivity contribution is -0.141. The van der Waals surface area contributed by atoms with Crippen molar-refractivity contribution in [3.63, 3.8) is 0 Å². The number of aryl methyl sites for hydroxylation is 2. The number of carbonyl (C=O) groups excluding carboxylic acids is 2. The molecular weight excluding hydrogens is 522 g/mol. The van der Waals surface area contributed by atoms with Crippen molar-refractivity contribution in [1.29, 1.82) is 0 Å². The van der Waals surface area contributed by atoms with Crippen LogP contribution in [0.3, 0.4) is 0 Å². The summed E-state index contributed by atoms with van der Waals surface area (Å²) < 4.78 is 29.3. The number of hydrogen-bond acceptors (Lipinski definition) is 4. The van der Waals surface area contributed by atoms with Crippen LogP contribution in [0.4, 0.5) is 5.69 Å². The van der Waals surface area contributed by atoms with E-state index in [4.69, 9.17) is 0 Å². The maximum atomic E-state index is 14.2. The predicted octanol–water partition coefficient (Wildman–Crippen LogP) is 5.47. The third-order valence-electron chi connectivity index (χ3n) is 6.61. The van der Waals surface area contributed by atoms with Crippen LogP contribution in [-0.2, 0) is 32.6 Å². The molecule has 0 saturated carbocycles. The Bertz CT molecular complexity index is 1400. The standard InChI is InChI=1S/C32H41N3O4S/c1-7-26-16-12-13-17-29(26)35(40(38,39)27-20-18-24(3)19-21-27)23-30(36)34(22-25-14-10-9-11-15-25)28(8-2)31(37)33-32(4,5)6/h9-21,28H,7-8,22-23H2,1-6H3,(H,33,37)/t28-/m0/s1. The zero-order valence-corrected chi connectivity index (χ0v) is 25.2. The minimum absolute atomic E-state index is 0.101. The average molecular weight is 564 g/mol. The van der Waals surface area contributed by atoms with Gasteiger partial charge in [-0.2, -0.15) is 0 Å². The van der Waals surface area contributed by atoms with Crippen molar-refractivity contribution >= 4 is 27.5 Å². The van der Waals surface area contributed by atoms with Crippen molar-refractivity contribution in [1.82, 2.24) is 10.2 Å². The second-order valence-electron chi connectivity index (χ2n) is 11.0. The summed E-state index contributed by atoms with van der Waals surface area (Å²) in [5, 5.41) is 2.99. The molecule has 1 atom stereocenters. The summed E-state index contributed by atoms with van der Waals surface area (Å²) in [4.78, 5) is 29.2. The van der Waals surface area contributed by atoms with E-state index in [1.54, 1.807) is 36.4 Å². The molecule has 0 bridgehead atoms. The number of benzene rings is 3. The number of para-hydroxylation sites is 1. The van der Waals surface area contributed by atoms with Gasteiger partial charge in [-0.25, -0.2) is 8.42 Å². The van der Waals surface area contributed by atoms with E-state index < -0.39 is 34.1 Å². The van der Waals surface area contributed by atoms with E-state index in [0.717, 1.165) is 16.7 Å². The number of amides is 2. The summed E-state index contributed by atoms with van der Waals surface area (Å²) in [5.41, 5.74) is 2.54. The molecule has 1 N–H and O–H groups in total. The van der Waals surface area contributed by atoms with Gasteiger partial charge in [-0.3, -0.25) is 13.9 Å². The van der Waals surface area contributed by atoms with Gasteiger partial charge in [-0.05, 0) is 69.9 Å². The first kappa shape index (κ1) is 30.9. The molecule has 0 aliphatic rings. The summed E-state index contributed by atoms with van der Waals surface area (Å²) in [5.74, 6) is -0.734. The SMILES string of the molecule is CCc1ccccc1N(CC(=O)N(Cc1ccccc1)[C@@H](CC)C(=O)NC(C)(C)C)S(=O)(=O)c1ccc(C)cc1. The highest BCUT2D eigenvalue weighted by atomic mass is 32.2. The Morgan fingerprint density at radius 1 is 0.875 bits per heavy atom. The first-order valence-corrected chi connectivity index (χ1v) is 15.1. The van der Waals surface area contributed by atoms with E-state index in [0.29, 0.717) is 18.5 Å². The number of rotatable bonds is 11. The lowest BCUT2D eigenvalue weighted by Crippen LogP contribution is -2.55. The summed E-state index contributed by atoms with van der Waals surface area (Å²) in [6, 6.07) is 22.4. The molecule has 7 nitrogen and oxygen atoms in total. The van der Waals surface area contributed by atoms with Crippen LogP contribution >= 0.6 is 0 Å². The third-order valence-corrected chi connectivity index (χ3v) is 8.38. The molecule has 0 radical (unpaired) electrons. The Kier molecular flexibility index (Phi) is 10.1. The van der Waals surface area contributed by atoms with Crippen LogP contribution in [-0.4, -0.2) is 43.3 Å². The number of sulfonamides is 1. The third kappa shape index (κ3) is 7.72. The normalized spacial score (nSPS) is 12.4. The number of nitrogens with zero attached hydrogens (tertiary/aromatic N) is 2. The van der Waals surface area contributed by atoms with Gasteiger partial charge in [0.2, 0.25) is 11.8 Å². The van der Waals surface area contributed by atoms with Crippen LogP contribution < -0.4 is 9.62 Å². The first-order valence-electron chi connectivity index (χ1n) is 13.7. The van der Waals surface area contributed by atoms with E-state index >= 15 is 0 Å². The van der Waals surface area contributed by atoms with Crippen molar-refractivity contribution in [2.45, 2.75) is 77.4 Å². The van der Waals surface area contributed by atoms with E-state index in [-0.39, 0.29) is 17.3 Å². The smallest absolute Gasteiger partial charge is 0.264 e. The number of nitrogens with one attached hydrogen (secondary N) is 1. The molecule has 0 aliphatic heterocycles. The number of hydrogen-bond donors (Lipinski definition) is 1. The van der Waals surface area contributed by atoms with Gasteiger partial charge < -0.3 is 10.2 Å². The minimum atomic E-state index is -4.10. The maximum absolute atomic E-state index is 14.2. The van der Waals surface area contributed by atoms with E-state index in [1.807, 2.05) is 84.0 Å². The van der Waals surface area contributed by atoms with Crippen LogP contribution in [0.1, 0.15) is 57.7 Å². The molecule has 8 heteroatoms. The van der Waals surface area contributed by atoms with Crippen molar-refractivity contribution in [3.8, 4) is 0 Å². The quantitative estimate of drug-likeness (QED) is 0.335. The molecule has 40 heavy (non-hydrogen) atoms. The molecule has 2 amide bonds. The Hall–Kier alpha value is -3.65. The highest BCUT2D eigenvalue weighted by molar-refractivity contribution is 7.92. The molecule has 3 aromatic rings. The Morgan fingerprint density at radius 3 is 2.05 bits per heavy atom. The topological polar surface area (TPSA) is 86.8 Å². The zero-order valence-electron chi connectivity index (χ0n) is 24.3. The Labute approximate surface area is 239 Å². The molecule has 214 valence electrons. The van der Waals surface area contributed by atoms with Gasteiger partial charge in [-0.15, -0.1) is 0 Å². The van der Waals surface area contributed by atoms with Gasteiger partial charge in [0.15, 0.2) is 0 Å². The van der Waals surface area contributed by atoms with Crippen molar-refractivity contribution in [3.05, 3.63) is 95.6 Å². The molecule has 0 aromatic heterocycles. The molecule has 0 aliphatic carbocycles. The highest BCUT2D eigenvalue weighted by Gasteiger charge is 2.35. The second-order valence-corrected chi connectivity index (χ2v) is 12.8. The van der Waals surface area contributed by atoms with Gasteiger partial charge in [0, 0.05) is 12.1 Å². The molecule has 3 rings (SSSR count). The Morgan fingerprint density at radius 2 is 1.48 bits per heavy atom. The Balaban J connectivity index is 2.10. The fourth-order valence-electron chi connectivity index (χ4n) is 4.56. The lowest BCUT2D eigenvalue weighted by Gasteiger charge is -2.35. The molecule has 0 fully saturated rings. The molecule has 0 unspecified atom stereocenters. The van der Waals surface area contributed by atoms with E-state index in [1.165, 1.54) is 9.21 Å². The molecule has 0 heterocycles. The minimum Gasteiger partial charge on any atom is -0.350 e. The van der Waals surface area contributed by atoms with Crippen molar-refractivity contribution in [2.75, 3.05) is 10.8 Å². The van der Waals surface area contributed by atoms with Crippen LogP contribution in [0.15, 0.2) is 83.8 Å². The van der Waals surface area contributed by atoms with Crippen LogP contribution in [0.25, 0.3) is 0 Å². The van der Waals surface area contributed by atoms with Crippen molar-refractivity contribution < 1.29 is 18.0 Å². The summed E-state index contributed by atoms with van der Waals surface area (Å²) >= 11 is 0. The number of anilines is 1. The second kappa shape index (κ2) is 13.1. The van der Waals surface area contributed by atoms with Gasteiger partial charge in [0.1, 0.15) is 12.6 Å². The van der Waals surface area contributed by atoms with Crippen LogP contribution in [0.2, 0.25) is 0 Å². The largest absolute Gasteiger partial charge is 0.350 e.